The molecule has 0 heterocycles. The molecule has 0 amide bonds. The highest BCUT2D eigenvalue weighted by atomic mass is 32.2. The summed E-state index contributed by atoms with van der Waals surface area (Å²) < 4.78 is 36.3. The van der Waals surface area contributed by atoms with E-state index in [0.29, 0.717) is 0 Å². The van der Waals surface area contributed by atoms with E-state index in [1.165, 1.54) is 6.07 Å². The van der Waals surface area contributed by atoms with Gasteiger partial charge >= 0.3 is 5.51 Å². The lowest BCUT2D eigenvalue weighted by molar-refractivity contribution is -0.0328. The molecule has 0 saturated heterocycles. The van der Waals surface area contributed by atoms with Crippen molar-refractivity contribution in [1.29, 1.82) is 0 Å². The summed E-state index contributed by atoms with van der Waals surface area (Å²) in [6, 6.07) is 6.65. The van der Waals surface area contributed by atoms with Gasteiger partial charge < -0.3 is 5.73 Å². The number of alkyl halides is 3. The molecule has 2 unspecified atom stereocenters. The summed E-state index contributed by atoms with van der Waals surface area (Å²) in [5.41, 5.74) is 2.34. The van der Waals surface area contributed by atoms with Crippen molar-refractivity contribution in [2.75, 3.05) is 0 Å². The van der Waals surface area contributed by atoms with Crippen LogP contribution in [0.3, 0.4) is 0 Å². The summed E-state index contributed by atoms with van der Waals surface area (Å²) in [7, 11) is 0. The van der Waals surface area contributed by atoms with Gasteiger partial charge in [0.1, 0.15) is 0 Å². The number of hydrogen-bond acceptors (Lipinski definition) is 2. The smallest absolute Gasteiger partial charge is 0.327 e. The molecule has 82 valence electrons. The summed E-state index contributed by atoms with van der Waals surface area (Å²) in [4.78, 5) is 0.235. The van der Waals surface area contributed by atoms with Gasteiger partial charge in [-0.25, -0.2) is 0 Å². The minimum atomic E-state index is -4.22. The molecule has 1 aromatic carbocycles. The Kier molecular flexibility index (Phi) is 2.68. The van der Waals surface area contributed by atoms with Crippen molar-refractivity contribution in [3.05, 3.63) is 29.8 Å². The molecule has 0 aromatic heterocycles. The predicted molar refractivity (Wildman–Crippen MR) is 53.7 cm³/mol. The Morgan fingerprint density at radius 2 is 2.00 bits per heavy atom. The molecule has 2 N–H and O–H groups in total. The second kappa shape index (κ2) is 3.72. The molecule has 2 rings (SSSR count). The Balaban J connectivity index is 2.13. The van der Waals surface area contributed by atoms with E-state index in [2.05, 4.69) is 0 Å². The minimum absolute atomic E-state index is 0.0795. The van der Waals surface area contributed by atoms with Gasteiger partial charge in [0.15, 0.2) is 0 Å². The second-order valence-electron chi connectivity index (χ2n) is 3.63. The zero-order valence-corrected chi connectivity index (χ0v) is 8.61. The maximum absolute atomic E-state index is 12.1. The molecule has 0 spiro atoms. The molecule has 1 nitrogen and oxygen atoms in total. The Morgan fingerprint density at radius 3 is 2.53 bits per heavy atom. The molecule has 0 radical (unpaired) electrons. The Hall–Kier alpha value is -0.680. The van der Waals surface area contributed by atoms with Gasteiger partial charge in [-0.05, 0) is 35.9 Å². The summed E-state index contributed by atoms with van der Waals surface area (Å²) in [6.45, 7) is 0. The van der Waals surface area contributed by atoms with Gasteiger partial charge in [0.2, 0.25) is 0 Å². The van der Waals surface area contributed by atoms with Crippen LogP contribution in [-0.2, 0) is 0 Å². The molecule has 5 heteroatoms. The lowest BCUT2D eigenvalue weighted by Crippen LogP contribution is -2.02. The third-order valence-electron chi connectivity index (χ3n) is 2.36. The lowest BCUT2D eigenvalue weighted by Gasteiger charge is -2.06. The van der Waals surface area contributed by atoms with E-state index in [1.54, 1.807) is 12.1 Å². The van der Waals surface area contributed by atoms with Crippen molar-refractivity contribution in [3.8, 4) is 0 Å². The van der Waals surface area contributed by atoms with Crippen LogP contribution in [0.4, 0.5) is 13.2 Å². The topological polar surface area (TPSA) is 26.0 Å². The molecular weight excluding hydrogens is 223 g/mol. The second-order valence-corrected chi connectivity index (χ2v) is 4.76. The fourth-order valence-corrected chi connectivity index (χ4v) is 2.15. The maximum Gasteiger partial charge on any atom is 0.446 e. The molecule has 0 bridgehead atoms. The van der Waals surface area contributed by atoms with Crippen molar-refractivity contribution in [2.45, 2.75) is 28.8 Å². The largest absolute Gasteiger partial charge is 0.446 e. The van der Waals surface area contributed by atoms with Crippen LogP contribution in [0.5, 0.6) is 0 Å². The number of thioether (sulfide) groups is 1. The van der Waals surface area contributed by atoms with E-state index < -0.39 is 5.51 Å². The molecule has 1 aliphatic carbocycles. The number of rotatable bonds is 2. The van der Waals surface area contributed by atoms with E-state index in [0.717, 1.165) is 12.0 Å². The average molecular weight is 233 g/mol. The highest BCUT2D eigenvalue weighted by Crippen LogP contribution is 2.42. The van der Waals surface area contributed by atoms with Crippen LogP contribution in [0.25, 0.3) is 0 Å². The van der Waals surface area contributed by atoms with E-state index >= 15 is 0 Å². The highest BCUT2D eigenvalue weighted by molar-refractivity contribution is 8.00. The molecule has 1 fully saturated rings. The minimum Gasteiger partial charge on any atom is -0.327 e. The molecule has 2 atom stereocenters. The monoisotopic (exact) mass is 233 g/mol. The van der Waals surface area contributed by atoms with E-state index in [4.69, 9.17) is 5.73 Å². The van der Waals surface area contributed by atoms with E-state index in [9.17, 15) is 13.2 Å². The third-order valence-corrected chi connectivity index (χ3v) is 3.08. The van der Waals surface area contributed by atoms with Crippen molar-refractivity contribution < 1.29 is 13.2 Å². The number of halogens is 3. The maximum atomic E-state index is 12.1. The first-order valence-corrected chi connectivity index (χ1v) is 5.38. The van der Waals surface area contributed by atoms with Crippen molar-refractivity contribution >= 4 is 11.8 Å². The normalized spacial score (nSPS) is 25.3. The van der Waals surface area contributed by atoms with Crippen molar-refractivity contribution in [2.24, 2.45) is 5.73 Å². The zero-order chi connectivity index (χ0) is 11.1. The van der Waals surface area contributed by atoms with E-state index in [1.807, 2.05) is 6.07 Å². The Morgan fingerprint density at radius 1 is 1.33 bits per heavy atom. The first-order chi connectivity index (χ1) is 6.96. The van der Waals surface area contributed by atoms with Gasteiger partial charge in [-0.3, -0.25) is 0 Å². The highest BCUT2D eigenvalue weighted by Gasteiger charge is 2.35. The van der Waals surface area contributed by atoms with E-state index in [-0.39, 0.29) is 28.6 Å². The van der Waals surface area contributed by atoms with Gasteiger partial charge in [0.25, 0.3) is 0 Å². The van der Waals surface area contributed by atoms with Gasteiger partial charge in [-0.15, -0.1) is 0 Å². The number of benzene rings is 1. The molecule has 0 aliphatic heterocycles. The fourth-order valence-electron chi connectivity index (χ4n) is 1.54. The zero-order valence-electron chi connectivity index (χ0n) is 7.79. The van der Waals surface area contributed by atoms with Gasteiger partial charge in [0, 0.05) is 16.9 Å². The van der Waals surface area contributed by atoms with Crippen LogP contribution in [0.1, 0.15) is 17.9 Å². The van der Waals surface area contributed by atoms with Crippen LogP contribution >= 0.6 is 11.8 Å². The van der Waals surface area contributed by atoms with Gasteiger partial charge in [-0.1, -0.05) is 12.1 Å². The van der Waals surface area contributed by atoms with Crippen molar-refractivity contribution in [3.63, 3.8) is 0 Å². The van der Waals surface area contributed by atoms with Crippen LogP contribution in [-0.4, -0.2) is 11.6 Å². The average Bonchev–Trinajstić information content (AvgIpc) is 2.80. The molecule has 1 aliphatic rings. The van der Waals surface area contributed by atoms with Gasteiger partial charge in [-0.2, -0.15) is 13.2 Å². The molecule has 1 saturated carbocycles. The summed E-state index contributed by atoms with van der Waals surface area (Å²) in [5.74, 6) is 0.249. The summed E-state index contributed by atoms with van der Waals surface area (Å²) in [6.07, 6.45) is 0.875. The molecular formula is C10H10F3NS. The summed E-state index contributed by atoms with van der Waals surface area (Å²) in [5, 5.41) is 0. The van der Waals surface area contributed by atoms with Crippen LogP contribution in [0.2, 0.25) is 0 Å². The first kappa shape index (κ1) is 10.8. The lowest BCUT2D eigenvalue weighted by atomic mass is 10.1. The predicted octanol–water partition coefficient (Wildman–Crippen LogP) is 3.11. The van der Waals surface area contributed by atoms with Crippen LogP contribution < -0.4 is 5.73 Å². The molecule has 1 aromatic rings. The number of hydrogen-bond donors (Lipinski definition) is 1. The summed E-state index contributed by atoms with van der Waals surface area (Å²) >= 11 is -0.0795. The van der Waals surface area contributed by atoms with Gasteiger partial charge in [0.05, 0.1) is 0 Å². The first-order valence-electron chi connectivity index (χ1n) is 4.57. The number of nitrogens with two attached hydrogens (primary N) is 1. The SMILES string of the molecule is NC1CC1c1cccc(SC(F)(F)F)c1. The molecule has 15 heavy (non-hydrogen) atoms. The quantitative estimate of drug-likeness (QED) is 0.794. The standard InChI is InChI=1S/C10H10F3NS/c11-10(12,13)15-7-3-1-2-6(4-7)8-5-9(8)14/h1-4,8-9H,5,14H2. The van der Waals surface area contributed by atoms with Crippen molar-refractivity contribution in [1.82, 2.24) is 0 Å². The Labute approximate surface area is 89.8 Å². The van der Waals surface area contributed by atoms with Crippen LogP contribution in [0.15, 0.2) is 29.2 Å². The third kappa shape index (κ3) is 2.89. The fraction of sp³-hybridized carbons (Fsp3) is 0.400. The Bertz CT molecular complexity index is 364. The van der Waals surface area contributed by atoms with Crippen LogP contribution in [0, 0.1) is 0 Å².